The predicted molar refractivity (Wildman–Crippen MR) is 84.7 cm³/mol. The van der Waals surface area contributed by atoms with Gasteiger partial charge in [0.15, 0.2) is 0 Å². The van der Waals surface area contributed by atoms with Crippen LogP contribution in [0.2, 0.25) is 0 Å². The number of likely N-dealkylation sites (N-methyl/N-ethyl adjacent to an activating group) is 1. The van der Waals surface area contributed by atoms with Crippen molar-refractivity contribution in [1.82, 2.24) is 14.7 Å². The second-order valence-electron chi connectivity index (χ2n) is 5.70. The molecule has 1 aromatic carbocycles. The molecule has 1 aliphatic heterocycles. The van der Waals surface area contributed by atoms with Crippen molar-refractivity contribution in [1.29, 1.82) is 0 Å². The zero-order valence-corrected chi connectivity index (χ0v) is 12.7. The van der Waals surface area contributed by atoms with Crippen LogP contribution in [0.25, 0.3) is 0 Å². The van der Waals surface area contributed by atoms with E-state index >= 15 is 0 Å². The van der Waals surface area contributed by atoms with Gasteiger partial charge in [-0.05, 0) is 12.6 Å². The Morgan fingerprint density at radius 1 is 1.05 bits per heavy atom. The molecule has 1 aromatic rings. The number of hydrogen-bond acceptors (Lipinski definition) is 4. The van der Waals surface area contributed by atoms with Gasteiger partial charge in [0.25, 0.3) is 0 Å². The maximum Gasteiger partial charge on any atom is 0.0234 e. The number of nitrogens with zero attached hydrogens (tertiary/aromatic N) is 3. The third-order valence-electron chi connectivity index (χ3n) is 4.02. The average Bonchev–Trinajstić information content (AvgIpc) is 2.48. The molecular weight excluding hydrogens is 248 g/mol. The van der Waals surface area contributed by atoms with Gasteiger partial charge >= 0.3 is 0 Å². The molecule has 1 heterocycles. The highest BCUT2D eigenvalue weighted by Gasteiger charge is 2.14. The van der Waals surface area contributed by atoms with Crippen LogP contribution in [0.5, 0.6) is 0 Å². The molecule has 0 spiro atoms. The van der Waals surface area contributed by atoms with Crippen LogP contribution in [0, 0.1) is 0 Å². The first-order chi connectivity index (χ1) is 9.78. The van der Waals surface area contributed by atoms with E-state index in [2.05, 4.69) is 52.1 Å². The van der Waals surface area contributed by atoms with Gasteiger partial charge in [0, 0.05) is 58.9 Å². The van der Waals surface area contributed by atoms with Crippen LogP contribution in [0.3, 0.4) is 0 Å². The fourth-order valence-electron chi connectivity index (χ4n) is 2.65. The Hall–Kier alpha value is -0.940. The van der Waals surface area contributed by atoms with Crippen LogP contribution in [0.1, 0.15) is 5.56 Å². The van der Waals surface area contributed by atoms with Crippen molar-refractivity contribution < 1.29 is 0 Å². The van der Waals surface area contributed by atoms with Crippen molar-refractivity contribution in [3.8, 4) is 0 Å². The maximum atomic E-state index is 5.75. The summed E-state index contributed by atoms with van der Waals surface area (Å²) in [6.07, 6.45) is 0. The molecule has 20 heavy (non-hydrogen) atoms. The highest BCUT2D eigenvalue weighted by molar-refractivity contribution is 5.14. The Balaban J connectivity index is 1.77. The number of benzene rings is 1. The van der Waals surface area contributed by atoms with Crippen molar-refractivity contribution in [2.75, 3.05) is 59.4 Å². The lowest BCUT2D eigenvalue weighted by Gasteiger charge is -2.34. The van der Waals surface area contributed by atoms with Gasteiger partial charge in [-0.3, -0.25) is 9.80 Å². The molecule has 0 radical (unpaired) electrons. The normalized spacial score (nSPS) is 17.8. The molecule has 0 bridgehead atoms. The van der Waals surface area contributed by atoms with Gasteiger partial charge < -0.3 is 10.6 Å². The molecule has 112 valence electrons. The van der Waals surface area contributed by atoms with Crippen molar-refractivity contribution in [2.45, 2.75) is 6.54 Å². The Morgan fingerprint density at radius 2 is 1.75 bits per heavy atom. The van der Waals surface area contributed by atoms with Gasteiger partial charge in [0.1, 0.15) is 0 Å². The summed E-state index contributed by atoms with van der Waals surface area (Å²) in [6.45, 7) is 9.74. The second-order valence-corrected chi connectivity index (χ2v) is 5.70. The van der Waals surface area contributed by atoms with E-state index in [1.54, 1.807) is 0 Å². The zero-order chi connectivity index (χ0) is 14.2. The first-order valence-electron chi connectivity index (χ1n) is 7.65. The van der Waals surface area contributed by atoms with E-state index in [1.807, 2.05) is 0 Å². The Kier molecular flexibility index (Phi) is 6.47. The topological polar surface area (TPSA) is 35.7 Å². The SMILES string of the molecule is CN1CCN(CCN(CCN)Cc2ccccc2)CC1. The molecule has 2 N–H and O–H groups in total. The van der Waals surface area contributed by atoms with E-state index in [0.29, 0.717) is 0 Å². The molecule has 4 heteroatoms. The van der Waals surface area contributed by atoms with E-state index in [4.69, 9.17) is 5.73 Å². The first kappa shape index (κ1) is 15.4. The third-order valence-corrected chi connectivity index (χ3v) is 4.02. The number of nitrogens with two attached hydrogens (primary N) is 1. The van der Waals surface area contributed by atoms with Gasteiger partial charge in [-0.25, -0.2) is 0 Å². The fraction of sp³-hybridized carbons (Fsp3) is 0.625. The van der Waals surface area contributed by atoms with Crippen LogP contribution in [-0.2, 0) is 6.54 Å². The second kappa shape index (κ2) is 8.37. The highest BCUT2D eigenvalue weighted by atomic mass is 15.3. The molecule has 0 atom stereocenters. The maximum absolute atomic E-state index is 5.75. The quantitative estimate of drug-likeness (QED) is 0.795. The summed E-state index contributed by atoms with van der Waals surface area (Å²) in [5, 5.41) is 0. The lowest BCUT2D eigenvalue weighted by molar-refractivity contribution is 0.134. The van der Waals surface area contributed by atoms with Gasteiger partial charge in [0.2, 0.25) is 0 Å². The van der Waals surface area contributed by atoms with E-state index in [-0.39, 0.29) is 0 Å². The lowest BCUT2D eigenvalue weighted by Crippen LogP contribution is -2.47. The average molecular weight is 276 g/mol. The van der Waals surface area contributed by atoms with E-state index in [1.165, 1.54) is 31.7 Å². The number of hydrogen-bond donors (Lipinski definition) is 1. The zero-order valence-electron chi connectivity index (χ0n) is 12.7. The minimum absolute atomic E-state index is 0.732. The predicted octanol–water partition coefficient (Wildman–Crippen LogP) is 0.695. The van der Waals surface area contributed by atoms with Crippen LogP contribution in [-0.4, -0.2) is 74.1 Å². The molecule has 0 unspecified atom stereocenters. The minimum Gasteiger partial charge on any atom is -0.329 e. The molecule has 1 fully saturated rings. The van der Waals surface area contributed by atoms with Gasteiger partial charge in [0.05, 0.1) is 0 Å². The van der Waals surface area contributed by atoms with Crippen LogP contribution < -0.4 is 5.73 Å². The van der Waals surface area contributed by atoms with Crippen molar-refractivity contribution in [3.63, 3.8) is 0 Å². The Bertz CT molecular complexity index is 360. The smallest absolute Gasteiger partial charge is 0.0234 e. The Morgan fingerprint density at radius 3 is 2.40 bits per heavy atom. The molecule has 1 saturated heterocycles. The molecule has 0 amide bonds. The fourth-order valence-corrected chi connectivity index (χ4v) is 2.65. The monoisotopic (exact) mass is 276 g/mol. The van der Waals surface area contributed by atoms with Crippen molar-refractivity contribution in [2.24, 2.45) is 5.73 Å². The van der Waals surface area contributed by atoms with Crippen molar-refractivity contribution >= 4 is 0 Å². The van der Waals surface area contributed by atoms with Gasteiger partial charge in [-0.15, -0.1) is 0 Å². The van der Waals surface area contributed by atoms with Gasteiger partial charge in [-0.2, -0.15) is 0 Å². The molecule has 0 aromatic heterocycles. The summed E-state index contributed by atoms with van der Waals surface area (Å²) in [7, 11) is 2.20. The molecular formula is C16H28N4. The summed E-state index contributed by atoms with van der Waals surface area (Å²) in [5.41, 5.74) is 7.12. The minimum atomic E-state index is 0.732. The van der Waals surface area contributed by atoms with E-state index in [0.717, 1.165) is 32.7 Å². The Labute approximate surface area is 123 Å². The summed E-state index contributed by atoms with van der Waals surface area (Å²) < 4.78 is 0. The first-order valence-corrected chi connectivity index (χ1v) is 7.65. The van der Waals surface area contributed by atoms with E-state index < -0.39 is 0 Å². The summed E-state index contributed by atoms with van der Waals surface area (Å²) in [5.74, 6) is 0. The summed E-state index contributed by atoms with van der Waals surface area (Å²) >= 11 is 0. The lowest BCUT2D eigenvalue weighted by atomic mass is 10.2. The standard InChI is InChI=1S/C16H28N4/c1-18-9-11-19(12-10-18)13-14-20(8-7-17)15-16-5-3-2-4-6-16/h2-6H,7-15,17H2,1H3. The van der Waals surface area contributed by atoms with Crippen molar-refractivity contribution in [3.05, 3.63) is 35.9 Å². The molecule has 0 aliphatic carbocycles. The van der Waals surface area contributed by atoms with E-state index in [9.17, 15) is 0 Å². The molecule has 4 nitrogen and oxygen atoms in total. The van der Waals surface area contributed by atoms with Crippen LogP contribution >= 0.6 is 0 Å². The van der Waals surface area contributed by atoms with Crippen LogP contribution in [0.4, 0.5) is 0 Å². The molecule has 2 rings (SSSR count). The summed E-state index contributed by atoms with van der Waals surface area (Å²) in [4.78, 5) is 7.43. The number of rotatable bonds is 7. The largest absolute Gasteiger partial charge is 0.329 e. The third kappa shape index (κ3) is 5.21. The summed E-state index contributed by atoms with van der Waals surface area (Å²) in [6, 6.07) is 10.7. The van der Waals surface area contributed by atoms with Gasteiger partial charge in [-0.1, -0.05) is 30.3 Å². The number of piperazine rings is 1. The van der Waals surface area contributed by atoms with Crippen LogP contribution in [0.15, 0.2) is 30.3 Å². The molecule has 0 saturated carbocycles. The molecule has 1 aliphatic rings. The highest BCUT2D eigenvalue weighted by Crippen LogP contribution is 2.05.